The summed E-state index contributed by atoms with van der Waals surface area (Å²) >= 11 is 0. The third-order valence-electron chi connectivity index (χ3n) is 3.85. The van der Waals surface area contributed by atoms with E-state index in [9.17, 15) is 18.0 Å². The van der Waals surface area contributed by atoms with E-state index < -0.39 is 11.7 Å². The molecule has 29 heavy (non-hydrogen) atoms. The normalized spacial score (nSPS) is 11.1. The molecule has 2 amide bonds. The molecule has 2 heterocycles. The van der Waals surface area contributed by atoms with Gasteiger partial charge in [0.05, 0.1) is 16.9 Å². The maximum atomic E-state index is 12.5. The molecule has 0 saturated heterocycles. The van der Waals surface area contributed by atoms with Gasteiger partial charge in [-0.25, -0.2) is 19.4 Å². The van der Waals surface area contributed by atoms with Crippen molar-refractivity contribution in [1.29, 1.82) is 0 Å². The van der Waals surface area contributed by atoms with Crippen LogP contribution in [0, 0.1) is 0 Å². The molecule has 8 nitrogen and oxygen atoms in total. The van der Waals surface area contributed by atoms with E-state index in [1.165, 1.54) is 23.4 Å². The van der Waals surface area contributed by atoms with Crippen molar-refractivity contribution in [1.82, 2.24) is 25.1 Å². The molecule has 3 aromatic rings. The van der Waals surface area contributed by atoms with Gasteiger partial charge in [0, 0.05) is 19.3 Å². The van der Waals surface area contributed by atoms with Crippen LogP contribution in [0.25, 0.3) is 5.69 Å². The van der Waals surface area contributed by atoms with Gasteiger partial charge < -0.3 is 16.0 Å². The molecule has 0 saturated carbocycles. The molecule has 0 fully saturated rings. The predicted molar refractivity (Wildman–Crippen MR) is 101 cm³/mol. The first-order chi connectivity index (χ1) is 13.9. The number of hydrogen-bond acceptors (Lipinski definition) is 5. The topological polar surface area (TPSA) is 96.8 Å². The number of nitrogens with one attached hydrogen (secondary N) is 3. The lowest BCUT2D eigenvalue weighted by Gasteiger charge is -2.12. The number of benzene rings is 1. The number of nitrogens with zero attached hydrogens (tertiary/aromatic N) is 4. The molecule has 0 bridgehead atoms. The summed E-state index contributed by atoms with van der Waals surface area (Å²) in [6, 6.07) is 9.00. The van der Waals surface area contributed by atoms with Gasteiger partial charge >= 0.3 is 12.2 Å². The van der Waals surface area contributed by atoms with Crippen molar-refractivity contribution in [2.24, 2.45) is 0 Å². The third-order valence-corrected chi connectivity index (χ3v) is 3.85. The fraction of sp³-hybridized carbons (Fsp3) is 0.222. The summed E-state index contributed by atoms with van der Waals surface area (Å²) in [4.78, 5) is 19.7. The molecule has 0 atom stereocenters. The second-order valence-corrected chi connectivity index (χ2v) is 5.95. The highest BCUT2D eigenvalue weighted by Crippen LogP contribution is 2.28. The van der Waals surface area contributed by atoms with Gasteiger partial charge in [0.2, 0.25) is 0 Å². The molecule has 0 aliphatic heterocycles. The Hall–Kier alpha value is -3.63. The quantitative estimate of drug-likeness (QED) is 0.524. The van der Waals surface area contributed by atoms with E-state index >= 15 is 0 Å². The van der Waals surface area contributed by atoms with E-state index in [0.717, 1.165) is 12.3 Å². The van der Waals surface area contributed by atoms with Crippen LogP contribution in [0.4, 0.5) is 29.5 Å². The number of urea groups is 1. The summed E-state index contributed by atoms with van der Waals surface area (Å²) in [7, 11) is 0. The van der Waals surface area contributed by atoms with E-state index in [2.05, 4.69) is 31.0 Å². The molecule has 0 radical (unpaired) electrons. The Balaban J connectivity index is 1.41. The summed E-state index contributed by atoms with van der Waals surface area (Å²) < 4.78 is 39.0. The van der Waals surface area contributed by atoms with Crippen molar-refractivity contribution in [3.05, 3.63) is 60.8 Å². The smallest absolute Gasteiger partial charge is 0.370 e. The second kappa shape index (κ2) is 9.04. The number of carbonyl (C=O) groups is 1. The molecular formula is C18H18F3N7O. The first-order valence-corrected chi connectivity index (χ1v) is 8.69. The van der Waals surface area contributed by atoms with Crippen LogP contribution in [-0.2, 0) is 6.18 Å². The lowest BCUT2D eigenvalue weighted by atomic mass is 10.2. The second-order valence-electron chi connectivity index (χ2n) is 5.95. The zero-order valence-corrected chi connectivity index (χ0v) is 15.1. The van der Waals surface area contributed by atoms with Crippen LogP contribution >= 0.6 is 0 Å². The number of amides is 2. The van der Waals surface area contributed by atoms with E-state index in [0.29, 0.717) is 36.7 Å². The number of carbonyl (C=O) groups excluding carboxylic acids is 1. The zero-order chi connectivity index (χ0) is 20.7. The molecule has 2 aromatic heterocycles. The molecule has 152 valence electrons. The number of para-hydroxylation sites is 2. The van der Waals surface area contributed by atoms with Gasteiger partial charge in [-0.1, -0.05) is 12.1 Å². The summed E-state index contributed by atoms with van der Waals surface area (Å²) in [5.41, 5.74) is 0.449. The zero-order valence-electron chi connectivity index (χ0n) is 15.1. The monoisotopic (exact) mass is 405 g/mol. The molecule has 0 spiro atoms. The number of pyridine rings is 1. The lowest BCUT2D eigenvalue weighted by molar-refractivity contribution is -0.137. The van der Waals surface area contributed by atoms with Crippen molar-refractivity contribution in [2.75, 3.05) is 23.7 Å². The van der Waals surface area contributed by atoms with Crippen LogP contribution in [0.1, 0.15) is 12.0 Å². The third kappa shape index (κ3) is 5.67. The van der Waals surface area contributed by atoms with Gasteiger partial charge in [0.15, 0.2) is 0 Å². The van der Waals surface area contributed by atoms with Gasteiger partial charge in [-0.3, -0.25) is 0 Å². The Morgan fingerprint density at radius 1 is 1.10 bits per heavy atom. The largest absolute Gasteiger partial charge is 0.417 e. The molecule has 0 unspecified atom stereocenters. The first-order valence-electron chi connectivity index (χ1n) is 8.69. The van der Waals surface area contributed by atoms with E-state index in [1.807, 2.05) is 6.07 Å². The fourth-order valence-corrected chi connectivity index (χ4v) is 2.45. The van der Waals surface area contributed by atoms with E-state index in [-0.39, 0.29) is 6.03 Å². The van der Waals surface area contributed by atoms with Crippen molar-refractivity contribution in [3.63, 3.8) is 0 Å². The minimum absolute atomic E-state index is 0.337. The summed E-state index contributed by atoms with van der Waals surface area (Å²) in [6.45, 7) is 0.805. The van der Waals surface area contributed by atoms with E-state index in [4.69, 9.17) is 0 Å². The summed E-state index contributed by atoms with van der Waals surface area (Å²) in [6.07, 6.45) is -0.147. The Bertz CT molecular complexity index is 927. The van der Waals surface area contributed by atoms with Crippen molar-refractivity contribution in [3.8, 4) is 5.69 Å². The molecule has 11 heteroatoms. The molecule has 3 N–H and O–H groups in total. The van der Waals surface area contributed by atoms with Gasteiger partial charge in [-0.15, -0.1) is 0 Å². The van der Waals surface area contributed by atoms with Crippen LogP contribution in [0.15, 0.2) is 55.2 Å². The maximum absolute atomic E-state index is 12.5. The molecule has 3 rings (SSSR count). The minimum atomic E-state index is -4.41. The van der Waals surface area contributed by atoms with Crippen LogP contribution in [-0.4, -0.2) is 38.9 Å². The summed E-state index contributed by atoms with van der Waals surface area (Å²) in [5, 5.41) is 12.4. The number of rotatable bonds is 7. The predicted octanol–water partition coefficient (Wildman–Crippen LogP) is 3.30. The molecule has 0 aliphatic rings. The highest BCUT2D eigenvalue weighted by atomic mass is 19.4. The Kier molecular flexibility index (Phi) is 6.27. The number of halogens is 3. The average molecular weight is 405 g/mol. The Labute approximate surface area is 164 Å². The first kappa shape index (κ1) is 20.1. The number of anilines is 2. The highest BCUT2D eigenvalue weighted by molar-refractivity contribution is 5.91. The maximum Gasteiger partial charge on any atom is 0.417 e. The van der Waals surface area contributed by atoms with Gasteiger partial charge in [0.25, 0.3) is 0 Å². The average Bonchev–Trinajstić information content (AvgIpc) is 3.22. The highest BCUT2D eigenvalue weighted by Gasteiger charge is 2.30. The number of alkyl halides is 3. The van der Waals surface area contributed by atoms with Crippen LogP contribution in [0.3, 0.4) is 0 Å². The lowest BCUT2D eigenvalue weighted by Crippen LogP contribution is -2.30. The number of aromatic nitrogens is 4. The number of hydrogen-bond donors (Lipinski definition) is 3. The molecular weight excluding hydrogens is 387 g/mol. The molecule has 1 aromatic carbocycles. The standard InChI is InChI=1S/C18H18F3N7O/c19-18(20,21)13-6-7-16(25-10-13)23-8-3-9-24-17(29)27-14-4-1-2-5-15(14)28-12-22-11-26-28/h1-2,4-7,10-12H,3,8-9H2,(H,23,25)(H2,24,27,29). The Morgan fingerprint density at radius 2 is 1.93 bits per heavy atom. The molecule has 0 aliphatic carbocycles. The van der Waals surface area contributed by atoms with Crippen molar-refractivity contribution < 1.29 is 18.0 Å². The van der Waals surface area contributed by atoms with Gasteiger partial charge in [-0.2, -0.15) is 18.3 Å². The summed E-state index contributed by atoms with van der Waals surface area (Å²) in [5.74, 6) is 0.337. The minimum Gasteiger partial charge on any atom is -0.370 e. The van der Waals surface area contributed by atoms with E-state index in [1.54, 1.807) is 18.2 Å². The van der Waals surface area contributed by atoms with Gasteiger partial charge in [-0.05, 0) is 30.7 Å². The SMILES string of the molecule is O=C(NCCCNc1ccc(C(F)(F)F)cn1)Nc1ccccc1-n1cncn1. The van der Waals surface area contributed by atoms with Crippen molar-refractivity contribution >= 4 is 17.5 Å². The van der Waals surface area contributed by atoms with Crippen LogP contribution in [0.5, 0.6) is 0 Å². The van der Waals surface area contributed by atoms with Crippen LogP contribution in [0.2, 0.25) is 0 Å². The van der Waals surface area contributed by atoms with Gasteiger partial charge in [0.1, 0.15) is 18.5 Å². The van der Waals surface area contributed by atoms with Crippen molar-refractivity contribution in [2.45, 2.75) is 12.6 Å². The fourth-order valence-electron chi connectivity index (χ4n) is 2.45. The Morgan fingerprint density at radius 3 is 2.62 bits per heavy atom. The van der Waals surface area contributed by atoms with Crippen LogP contribution < -0.4 is 16.0 Å².